The van der Waals surface area contributed by atoms with Gasteiger partial charge in [-0.3, -0.25) is 14.4 Å². The maximum absolute atomic E-state index is 11.2. The maximum atomic E-state index is 11.2. The number of esters is 2. The van der Waals surface area contributed by atoms with E-state index in [4.69, 9.17) is 9.47 Å². The van der Waals surface area contributed by atoms with Gasteiger partial charge in [0.05, 0.1) is 5.92 Å². The Balaban J connectivity index is 2.32. The zero-order chi connectivity index (χ0) is 12.1. The second kappa shape index (κ2) is 5.29. The molecule has 16 heavy (non-hydrogen) atoms. The summed E-state index contributed by atoms with van der Waals surface area (Å²) >= 11 is 0. The largest absolute Gasteiger partial charge is 0.461 e. The molecule has 0 radical (unpaired) electrons. The van der Waals surface area contributed by atoms with Crippen LogP contribution in [0.3, 0.4) is 0 Å². The lowest BCUT2D eigenvalue weighted by atomic mass is 10.1. The minimum absolute atomic E-state index is 0.0706. The molecule has 6 nitrogen and oxygen atoms in total. The van der Waals surface area contributed by atoms with Crippen LogP contribution >= 0.6 is 0 Å². The van der Waals surface area contributed by atoms with Gasteiger partial charge in [-0.25, -0.2) is 0 Å². The lowest BCUT2D eigenvalue weighted by Crippen LogP contribution is -2.33. The zero-order valence-corrected chi connectivity index (χ0v) is 8.89. The third-order valence-corrected chi connectivity index (χ3v) is 2.19. The molecular formula is C10H13NO5. The van der Waals surface area contributed by atoms with Gasteiger partial charge in [-0.1, -0.05) is 6.58 Å². The molecule has 0 aromatic carbocycles. The number of ether oxygens (including phenoxy) is 2. The molecule has 2 atom stereocenters. The van der Waals surface area contributed by atoms with Gasteiger partial charge in [0.15, 0.2) is 0 Å². The molecule has 1 aliphatic heterocycles. The first-order chi connectivity index (χ1) is 7.54. The van der Waals surface area contributed by atoms with Crippen molar-refractivity contribution >= 4 is 17.8 Å². The fourth-order valence-corrected chi connectivity index (χ4v) is 1.17. The molecule has 1 amide bonds. The van der Waals surface area contributed by atoms with Gasteiger partial charge in [-0.05, 0) is 13.0 Å². The van der Waals surface area contributed by atoms with E-state index < -0.39 is 23.9 Å². The standard InChI is InChI=1S/C10H13NO5/c1-3-8(12)11-4-9(13)16-7-5-15-10(14)6(7)2/h3,6-7H,1,4-5H2,2H3,(H,11,12). The van der Waals surface area contributed by atoms with Gasteiger partial charge in [0.25, 0.3) is 0 Å². The van der Waals surface area contributed by atoms with Gasteiger partial charge in [0.1, 0.15) is 19.3 Å². The van der Waals surface area contributed by atoms with Gasteiger partial charge < -0.3 is 14.8 Å². The molecule has 2 unspecified atom stereocenters. The first-order valence-corrected chi connectivity index (χ1v) is 4.81. The number of rotatable bonds is 4. The average Bonchev–Trinajstić information content (AvgIpc) is 2.57. The molecule has 0 aromatic heterocycles. The van der Waals surface area contributed by atoms with E-state index in [9.17, 15) is 14.4 Å². The number of cyclic esters (lactones) is 1. The third kappa shape index (κ3) is 3.08. The summed E-state index contributed by atoms with van der Waals surface area (Å²) in [7, 11) is 0. The van der Waals surface area contributed by atoms with Crippen LogP contribution in [0.2, 0.25) is 0 Å². The van der Waals surface area contributed by atoms with Crippen molar-refractivity contribution in [1.29, 1.82) is 0 Å². The van der Waals surface area contributed by atoms with Crippen molar-refractivity contribution in [2.24, 2.45) is 5.92 Å². The van der Waals surface area contributed by atoms with E-state index in [0.29, 0.717) is 0 Å². The zero-order valence-electron chi connectivity index (χ0n) is 8.89. The predicted octanol–water partition coefficient (Wildman–Crippen LogP) is -0.607. The van der Waals surface area contributed by atoms with E-state index in [-0.39, 0.29) is 19.1 Å². The summed E-state index contributed by atoms with van der Waals surface area (Å²) in [5, 5.41) is 2.27. The fourth-order valence-electron chi connectivity index (χ4n) is 1.17. The first-order valence-electron chi connectivity index (χ1n) is 4.81. The SMILES string of the molecule is C=CC(=O)NCC(=O)OC1COC(=O)C1C. The predicted molar refractivity (Wildman–Crippen MR) is 53.2 cm³/mol. The van der Waals surface area contributed by atoms with Crippen molar-refractivity contribution in [3.8, 4) is 0 Å². The number of amides is 1. The van der Waals surface area contributed by atoms with Crippen molar-refractivity contribution in [2.75, 3.05) is 13.2 Å². The van der Waals surface area contributed by atoms with Crippen LogP contribution in [0.5, 0.6) is 0 Å². The minimum atomic E-state index is -0.606. The van der Waals surface area contributed by atoms with Crippen LogP contribution in [0.25, 0.3) is 0 Å². The van der Waals surface area contributed by atoms with E-state index in [0.717, 1.165) is 6.08 Å². The van der Waals surface area contributed by atoms with Gasteiger partial charge in [-0.15, -0.1) is 0 Å². The number of nitrogens with one attached hydrogen (secondary N) is 1. The average molecular weight is 227 g/mol. The number of hydrogen-bond donors (Lipinski definition) is 1. The Morgan fingerprint density at radius 3 is 2.88 bits per heavy atom. The Labute approximate surface area is 92.6 Å². The van der Waals surface area contributed by atoms with E-state index in [1.807, 2.05) is 0 Å². The molecule has 0 saturated carbocycles. The van der Waals surface area contributed by atoms with E-state index in [2.05, 4.69) is 11.9 Å². The highest BCUT2D eigenvalue weighted by atomic mass is 16.6. The summed E-state index contributed by atoms with van der Waals surface area (Å²) in [6.07, 6.45) is 0.485. The van der Waals surface area contributed by atoms with Gasteiger partial charge in [-0.2, -0.15) is 0 Å². The quantitative estimate of drug-likeness (QED) is 0.512. The fraction of sp³-hybridized carbons (Fsp3) is 0.500. The van der Waals surface area contributed by atoms with Crippen LogP contribution in [-0.2, 0) is 23.9 Å². The van der Waals surface area contributed by atoms with Crippen LogP contribution in [0, 0.1) is 5.92 Å². The normalized spacial score (nSPS) is 23.4. The molecule has 1 saturated heterocycles. The highest BCUT2D eigenvalue weighted by molar-refractivity contribution is 5.89. The molecule has 0 aliphatic carbocycles. The molecule has 0 bridgehead atoms. The van der Waals surface area contributed by atoms with E-state index in [1.165, 1.54) is 0 Å². The number of carbonyl (C=O) groups excluding carboxylic acids is 3. The summed E-state index contributed by atoms with van der Waals surface area (Å²) in [5.41, 5.74) is 0. The first kappa shape index (κ1) is 12.2. The second-order valence-corrected chi connectivity index (χ2v) is 3.37. The molecule has 0 aromatic rings. The van der Waals surface area contributed by atoms with Crippen molar-refractivity contribution in [2.45, 2.75) is 13.0 Å². The monoisotopic (exact) mass is 227 g/mol. The second-order valence-electron chi connectivity index (χ2n) is 3.37. The van der Waals surface area contributed by atoms with Crippen molar-refractivity contribution in [3.63, 3.8) is 0 Å². The summed E-state index contributed by atoms with van der Waals surface area (Å²) in [6, 6.07) is 0. The number of hydrogen-bond acceptors (Lipinski definition) is 5. The highest BCUT2D eigenvalue weighted by Gasteiger charge is 2.35. The van der Waals surface area contributed by atoms with Crippen molar-refractivity contribution in [3.05, 3.63) is 12.7 Å². The van der Waals surface area contributed by atoms with Gasteiger partial charge >= 0.3 is 11.9 Å². The lowest BCUT2D eigenvalue weighted by Gasteiger charge is -2.12. The van der Waals surface area contributed by atoms with Crippen molar-refractivity contribution in [1.82, 2.24) is 5.32 Å². The van der Waals surface area contributed by atoms with Crippen molar-refractivity contribution < 1.29 is 23.9 Å². The smallest absolute Gasteiger partial charge is 0.325 e. The number of carbonyl (C=O) groups is 3. The van der Waals surface area contributed by atoms with E-state index in [1.54, 1.807) is 6.92 Å². The Bertz CT molecular complexity index is 325. The summed E-state index contributed by atoms with van der Waals surface area (Å²) in [6.45, 7) is 4.68. The van der Waals surface area contributed by atoms with Crippen LogP contribution in [0.4, 0.5) is 0 Å². The van der Waals surface area contributed by atoms with Gasteiger partial charge in [0.2, 0.25) is 5.91 Å². The lowest BCUT2D eigenvalue weighted by molar-refractivity contribution is -0.150. The molecule has 1 heterocycles. The summed E-state index contributed by atoms with van der Waals surface area (Å²) in [5.74, 6) is -1.90. The molecule has 1 aliphatic rings. The highest BCUT2D eigenvalue weighted by Crippen LogP contribution is 2.17. The molecule has 1 N–H and O–H groups in total. The van der Waals surface area contributed by atoms with Crippen LogP contribution in [-0.4, -0.2) is 37.1 Å². The Hall–Kier alpha value is -1.85. The summed E-state index contributed by atoms with van der Waals surface area (Å²) in [4.78, 5) is 33.0. The Morgan fingerprint density at radius 2 is 2.38 bits per heavy atom. The topological polar surface area (TPSA) is 81.7 Å². The molecule has 1 fully saturated rings. The minimum Gasteiger partial charge on any atom is -0.461 e. The summed E-state index contributed by atoms with van der Waals surface area (Å²) < 4.78 is 9.66. The van der Waals surface area contributed by atoms with E-state index >= 15 is 0 Å². The molecule has 0 spiro atoms. The Morgan fingerprint density at radius 1 is 1.69 bits per heavy atom. The molecular weight excluding hydrogens is 214 g/mol. The molecule has 1 rings (SSSR count). The van der Waals surface area contributed by atoms with Crippen LogP contribution in [0.1, 0.15) is 6.92 Å². The molecule has 6 heteroatoms. The van der Waals surface area contributed by atoms with Gasteiger partial charge in [0, 0.05) is 0 Å². The van der Waals surface area contributed by atoms with Crippen LogP contribution in [0.15, 0.2) is 12.7 Å². The molecule has 88 valence electrons. The van der Waals surface area contributed by atoms with Crippen LogP contribution < -0.4 is 5.32 Å². The third-order valence-electron chi connectivity index (χ3n) is 2.19. The maximum Gasteiger partial charge on any atom is 0.325 e. The Kier molecular flexibility index (Phi) is 4.04.